The lowest BCUT2D eigenvalue weighted by Crippen LogP contribution is -2.57. The molecule has 2 atom stereocenters. The van der Waals surface area contributed by atoms with Crippen LogP contribution in [0.3, 0.4) is 0 Å². The molecule has 26 heavy (non-hydrogen) atoms. The van der Waals surface area contributed by atoms with E-state index in [2.05, 4.69) is 39.1 Å². The first-order chi connectivity index (χ1) is 12.2. The van der Waals surface area contributed by atoms with Crippen LogP contribution in [-0.4, -0.2) is 24.0 Å². The Kier molecular flexibility index (Phi) is 4.72. The fraction of sp³-hybridized carbons (Fsp3) is 0.545. The number of hydrogen-bond acceptors (Lipinski definition) is 3. The van der Waals surface area contributed by atoms with Crippen molar-refractivity contribution in [3.05, 3.63) is 47.0 Å². The van der Waals surface area contributed by atoms with E-state index in [0.29, 0.717) is 19.4 Å². The van der Waals surface area contributed by atoms with Crippen molar-refractivity contribution in [2.24, 2.45) is 17.3 Å². The molecule has 0 radical (unpaired) electrons. The lowest BCUT2D eigenvalue weighted by Gasteiger charge is -2.28. The second-order valence-corrected chi connectivity index (χ2v) is 8.48. The third-order valence-electron chi connectivity index (χ3n) is 5.84. The Morgan fingerprint density at radius 3 is 2.27 bits per heavy atom. The van der Waals surface area contributed by atoms with Gasteiger partial charge < -0.3 is 10.1 Å². The molecule has 2 aliphatic rings. The highest BCUT2D eigenvalue weighted by molar-refractivity contribution is 5.92. The Morgan fingerprint density at radius 1 is 1.19 bits per heavy atom. The van der Waals surface area contributed by atoms with Gasteiger partial charge in [0, 0.05) is 12.8 Å². The molecule has 0 saturated heterocycles. The van der Waals surface area contributed by atoms with Crippen molar-refractivity contribution in [3.8, 4) is 0 Å². The molecule has 1 N–H and O–H groups in total. The second kappa shape index (κ2) is 6.57. The minimum Gasteiger partial charge on any atom is -0.464 e. The molecular formula is C22H29NO3. The smallest absolute Gasteiger partial charge is 0.332 e. The molecular weight excluding hydrogens is 326 g/mol. The largest absolute Gasteiger partial charge is 0.464 e. The van der Waals surface area contributed by atoms with E-state index in [1.54, 1.807) is 6.92 Å². The summed E-state index contributed by atoms with van der Waals surface area (Å²) in [5.41, 5.74) is 2.37. The van der Waals surface area contributed by atoms with Gasteiger partial charge in [-0.15, -0.1) is 0 Å². The fourth-order valence-corrected chi connectivity index (χ4v) is 4.33. The van der Waals surface area contributed by atoms with E-state index >= 15 is 0 Å². The van der Waals surface area contributed by atoms with Crippen molar-refractivity contribution in [1.82, 2.24) is 5.32 Å². The number of amides is 1. The van der Waals surface area contributed by atoms with Gasteiger partial charge in [-0.1, -0.05) is 49.8 Å². The quantitative estimate of drug-likeness (QED) is 0.650. The summed E-state index contributed by atoms with van der Waals surface area (Å²) in [6.07, 6.45) is 3.16. The summed E-state index contributed by atoms with van der Waals surface area (Å²) < 4.78 is 5.34. The van der Waals surface area contributed by atoms with Gasteiger partial charge in [-0.05, 0) is 43.2 Å². The van der Waals surface area contributed by atoms with E-state index in [4.69, 9.17) is 4.74 Å². The monoisotopic (exact) mass is 355 g/mol. The first-order valence-corrected chi connectivity index (χ1v) is 9.42. The van der Waals surface area contributed by atoms with Crippen molar-refractivity contribution < 1.29 is 14.3 Å². The summed E-state index contributed by atoms with van der Waals surface area (Å²) in [5, 5.41) is 3.10. The van der Waals surface area contributed by atoms with Crippen molar-refractivity contribution in [2.75, 3.05) is 6.61 Å². The minimum atomic E-state index is -0.981. The third-order valence-corrected chi connectivity index (χ3v) is 5.84. The van der Waals surface area contributed by atoms with Gasteiger partial charge in [0.2, 0.25) is 5.91 Å². The maximum Gasteiger partial charge on any atom is 0.332 e. The number of benzene rings is 1. The summed E-state index contributed by atoms with van der Waals surface area (Å²) in [7, 11) is 0. The van der Waals surface area contributed by atoms with Crippen LogP contribution < -0.4 is 5.32 Å². The summed E-state index contributed by atoms with van der Waals surface area (Å²) in [6, 6.07) is 7.98. The zero-order valence-corrected chi connectivity index (χ0v) is 16.4. The van der Waals surface area contributed by atoms with E-state index in [9.17, 15) is 9.59 Å². The van der Waals surface area contributed by atoms with Crippen LogP contribution in [-0.2, 0) is 27.2 Å². The van der Waals surface area contributed by atoms with Crippen LogP contribution in [0.5, 0.6) is 0 Å². The Bertz CT molecular complexity index is 733. The van der Waals surface area contributed by atoms with Crippen LogP contribution >= 0.6 is 0 Å². The van der Waals surface area contributed by atoms with E-state index in [1.165, 1.54) is 5.57 Å². The van der Waals surface area contributed by atoms with Crippen LogP contribution in [0.25, 0.3) is 0 Å². The molecule has 140 valence electrons. The number of esters is 1. The number of rotatable bonds is 5. The molecule has 0 unspecified atom stereocenters. The maximum absolute atomic E-state index is 13.1. The number of hydrogen-bond donors (Lipinski definition) is 1. The first kappa shape index (κ1) is 18.7. The summed E-state index contributed by atoms with van der Waals surface area (Å²) in [6.45, 7) is 10.4. The predicted octanol–water partition coefficient (Wildman–Crippen LogP) is 3.44. The van der Waals surface area contributed by atoms with Gasteiger partial charge in [0.05, 0.1) is 12.5 Å². The fourth-order valence-electron chi connectivity index (χ4n) is 4.33. The third kappa shape index (κ3) is 3.17. The van der Waals surface area contributed by atoms with Crippen molar-refractivity contribution in [2.45, 2.75) is 53.0 Å². The zero-order chi connectivity index (χ0) is 19.1. The van der Waals surface area contributed by atoms with Gasteiger partial charge in [-0.3, -0.25) is 4.79 Å². The van der Waals surface area contributed by atoms with Gasteiger partial charge in [0.15, 0.2) is 0 Å². The molecule has 3 rings (SSSR count). The Hall–Kier alpha value is -2.10. The van der Waals surface area contributed by atoms with Crippen LogP contribution in [0.15, 0.2) is 35.9 Å². The van der Waals surface area contributed by atoms with E-state index < -0.39 is 5.54 Å². The number of allylic oxidation sites excluding steroid dienone is 2. The number of nitrogens with one attached hydrogen (secondary N) is 1. The van der Waals surface area contributed by atoms with Crippen molar-refractivity contribution in [1.29, 1.82) is 0 Å². The van der Waals surface area contributed by atoms with E-state index in [0.717, 1.165) is 11.1 Å². The Balaban J connectivity index is 1.83. The lowest BCUT2D eigenvalue weighted by molar-refractivity contribution is -0.153. The predicted molar refractivity (Wildman–Crippen MR) is 102 cm³/mol. The second-order valence-electron chi connectivity index (χ2n) is 8.48. The molecule has 0 spiro atoms. The molecule has 1 saturated carbocycles. The first-order valence-electron chi connectivity index (χ1n) is 9.42. The lowest BCUT2D eigenvalue weighted by atomic mass is 9.94. The highest BCUT2D eigenvalue weighted by Gasteiger charge is 2.61. The molecule has 1 aromatic carbocycles. The number of ether oxygens (including phenoxy) is 1. The average Bonchev–Trinajstić information content (AvgIpc) is 2.91. The molecule has 0 heterocycles. The molecule has 0 bridgehead atoms. The van der Waals surface area contributed by atoms with Crippen molar-refractivity contribution in [3.63, 3.8) is 0 Å². The van der Waals surface area contributed by atoms with Crippen molar-refractivity contribution >= 4 is 11.9 Å². The summed E-state index contributed by atoms with van der Waals surface area (Å²) in [4.78, 5) is 25.9. The SMILES string of the molecule is CCOC(=O)C1(NC(=O)[C@H]2[C@@H](C=C(C)C)C2(C)C)Cc2ccccc2C1. The summed E-state index contributed by atoms with van der Waals surface area (Å²) >= 11 is 0. The van der Waals surface area contributed by atoms with Crippen LogP contribution in [0.4, 0.5) is 0 Å². The highest BCUT2D eigenvalue weighted by atomic mass is 16.5. The maximum atomic E-state index is 13.1. The zero-order valence-electron chi connectivity index (χ0n) is 16.4. The topological polar surface area (TPSA) is 55.4 Å². The number of fused-ring (bicyclic) bond motifs is 1. The number of carbonyl (C=O) groups excluding carboxylic acids is 2. The van der Waals surface area contributed by atoms with Crippen LogP contribution in [0.1, 0.15) is 45.7 Å². The molecule has 4 heteroatoms. The van der Waals surface area contributed by atoms with Gasteiger partial charge in [-0.25, -0.2) is 4.79 Å². The molecule has 1 amide bonds. The molecule has 1 fully saturated rings. The van der Waals surface area contributed by atoms with Crippen LogP contribution in [0.2, 0.25) is 0 Å². The molecule has 2 aliphatic carbocycles. The molecule has 0 aromatic heterocycles. The number of carbonyl (C=O) groups is 2. The average molecular weight is 355 g/mol. The molecule has 4 nitrogen and oxygen atoms in total. The van der Waals surface area contributed by atoms with Crippen LogP contribution in [0, 0.1) is 17.3 Å². The summed E-state index contributed by atoms with van der Waals surface area (Å²) in [5.74, 6) is -0.261. The van der Waals surface area contributed by atoms with Gasteiger partial charge >= 0.3 is 5.97 Å². The van der Waals surface area contributed by atoms with E-state index in [-0.39, 0.29) is 29.1 Å². The Labute approximate surface area is 156 Å². The molecule has 1 aromatic rings. The normalized spacial score (nSPS) is 24.3. The minimum absolute atomic E-state index is 0.0432. The standard InChI is InChI=1S/C22H29NO3/c1-6-26-20(25)22(12-15-9-7-8-10-16(15)13-22)23-19(24)18-17(11-14(2)3)21(18,4)5/h7-11,17-18H,6,12-13H2,1-5H3,(H,23,24)/t17-,18-/m1/s1. The van der Waals surface area contributed by atoms with Gasteiger partial charge in [0.25, 0.3) is 0 Å². The van der Waals surface area contributed by atoms with E-state index in [1.807, 2.05) is 24.3 Å². The van der Waals surface area contributed by atoms with Gasteiger partial charge in [0.1, 0.15) is 5.54 Å². The highest BCUT2D eigenvalue weighted by Crippen LogP contribution is 2.59. The van der Waals surface area contributed by atoms with Gasteiger partial charge in [-0.2, -0.15) is 0 Å². The molecule has 0 aliphatic heterocycles. The Morgan fingerprint density at radius 2 is 1.77 bits per heavy atom.